The molecule has 0 fully saturated rings. The number of rotatable bonds is 7. The molecule has 6 nitrogen and oxygen atoms in total. The number of H-pyrrole nitrogens is 1. The van der Waals surface area contributed by atoms with Crippen LogP contribution in [0.1, 0.15) is 37.9 Å². The van der Waals surface area contributed by atoms with Crippen LogP contribution in [0.15, 0.2) is 23.0 Å². The minimum Gasteiger partial charge on any atom is -0.310 e. The summed E-state index contributed by atoms with van der Waals surface area (Å²) in [5, 5.41) is 8.73. The van der Waals surface area contributed by atoms with Crippen LogP contribution in [-0.2, 0) is 11.2 Å². The molecule has 0 saturated carbocycles. The third kappa shape index (κ3) is 4.36. The quantitative estimate of drug-likeness (QED) is 0.414. The molecule has 2 rings (SSSR count). The number of unbranched alkanes of at least 4 members (excludes halogenated alkanes) is 3. The summed E-state index contributed by atoms with van der Waals surface area (Å²) < 4.78 is 13.2. The molecule has 0 aliphatic heterocycles. The molecule has 7 heteroatoms. The number of halogens is 1. The molecular weight excluding hydrogens is 289 g/mol. The number of carbonyl (C=O) groups is 1. The number of hydrogen-bond acceptors (Lipinski definition) is 4. The van der Waals surface area contributed by atoms with E-state index >= 15 is 0 Å². The molecular formula is C15H18FN3O3. The van der Waals surface area contributed by atoms with Gasteiger partial charge in [0.1, 0.15) is 11.6 Å². The fourth-order valence-electron chi connectivity index (χ4n) is 2.27. The molecule has 118 valence electrons. The van der Waals surface area contributed by atoms with Crippen LogP contribution in [0, 0.1) is 5.82 Å². The van der Waals surface area contributed by atoms with Gasteiger partial charge < -0.3 is 4.98 Å². The molecule has 3 N–H and O–H groups in total. The van der Waals surface area contributed by atoms with Gasteiger partial charge in [-0.25, -0.2) is 14.9 Å². The van der Waals surface area contributed by atoms with Crippen LogP contribution in [0.3, 0.4) is 0 Å². The van der Waals surface area contributed by atoms with E-state index in [0.29, 0.717) is 36.0 Å². The molecule has 1 aromatic heterocycles. The van der Waals surface area contributed by atoms with E-state index in [1.807, 2.05) is 0 Å². The van der Waals surface area contributed by atoms with E-state index in [0.717, 1.165) is 19.3 Å². The highest BCUT2D eigenvalue weighted by Gasteiger charge is 2.05. The van der Waals surface area contributed by atoms with Crippen LogP contribution in [0.4, 0.5) is 4.39 Å². The zero-order valence-electron chi connectivity index (χ0n) is 12.1. The van der Waals surface area contributed by atoms with E-state index in [-0.39, 0.29) is 11.5 Å². The highest BCUT2D eigenvalue weighted by atomic mass is 19.1. The minimum absolute atomic E-state index is 0.264. The number of carbonyl (C=O) groups excluding carboxylic acids is 1. The van der Waals surface area contributed by atoms with Crippen molar-refractivity contribution >= 4 is 16.8 Å². The Morgan fingerprint density at radius 3 is 2.82 bits per heavy atom. The van der Waals surface area contributed by atoms with E-state index in [1.165, 1.54) is 18.2 Å². The summed E-state index contributed by atoms with van der Waals surface area (Å²) in [5.74, 6) is -0.266. The smallest absolute Gasteiger partial charge is 0.258 e. The molecule has 0 atom stereocenters. The summed E-state index contributed by atoms with van der Waals surface area (Å²) in [7, 11) is 0. The first-order valence-corrected chi connectivity index (χ1v) is 7.21. The predicted octanol–water partition coefficient (Wildman–Crippen LogP) is 2.06. The van der Waals surface area contributed by atoms with Gasteiger partial charge in [-0.2, -0.15) is 0 Å². The van der Waals surface area contributed by atoms with Gasteiger partial charge in [0.15, 0.2) is 0 Å². The summed E-state index contributed by atoms with van der Waals surface area (Å²) in [4.78, 5) is 29.6. The third-order valence-corrected chi connectivity index (χ3v) is 3.41. The Bertz CT molecular complexity index is 715. The largest absolute Gasteiger partial charge is 0.310 e. The van der Waals surface area contributed by atoms with E-state index in [2.05, 4.69) is 9.97 Å². The Morgan fingerprint density at radius 2 is 2.05 bits per heavy atom. The highest BCUT2D eigenvalue weighted by Crippen LogP contribution is 2.11. The van der Waals surface area contributed by atoms with Gasteiger partial charge in [0.05, 0.1) is 10.9 Å². The minimum atomic E-state index is -0.418. The van der Waals surface area contributed by atoms with Crippen molar-refractivity contribution in [2.75, 3.05) is 0 Å². The first kappa shape index (κ1) is 16.1. The Morgan fingerprint density at radius 1 is 1.27 bits per heavy atom. The molecule has 0 bridgehead atoms. The number of nitrogens with zero attached hydrogens (tertiary/aromatic N) is 1. The van der Waals surface area contributed by atoms with Crippen molar-refractivity contribution in [1.29, 1.82) is 0 Å². The fraction of sp³-hybridized carbons (Fsp3) is 0.400. The third-order valence-electron chi connectivity index (χ3n) is 3.41. The summed E-state index contributed by atoms with van der Waals surface area (Å²) in [5.41, 5.74) is 1.69. The average molecular weight is 307 g/mol. The maximum absolute atomic E-state index is 13.2. The molecule has 22 heavy (non-hydrogen) atoms. The summed E-state index contributed by atoms with van der Waals surface area (Å²) >= 11 is 0. The van der Waals surface area contributed by atoms with E-state index in [9.17, 15) is 14.0 Å². The molecule has 1 aromatic carbocycles. The second-order valence-electron chi connectivity index (χ2n) is 5.12. The lowest BCUT2D eigenvalue weighted by molar-refractivity contribution is -0.129. The lowest BCUT2D eigenvalue weighted by Gasteiger charge is -2.03. The van der Waals surface area contributed by atoms with Gasteiger partial charge in [0.25, 0.3) is 5.56 Å². The van der Waals surface area contributed by atoms with Gasteiger partial charge in [-0.3, -0.25) is 14.8 Å². The Labute approximate surface area is 126 Å². The molecule has 0 unspecified atom stereocenters. The standard InChI is InChI=1S/C15H18FN3O3/c16-10-7-8-11-12(9-10)17-13(18-15(11)21)5-3-1-2-4-6-14(20)19-22/h7-9,22H,1-6H2,(H,19,20)(H,17,18,21). The first-order valence-electron chi connectivity index (χ1n) is 7.21. The van der Waals surface area contributed by atoms with Gasteiger partial charge in [-0.05, 0) is 25.0 Å². The maximum atomic E-state index is 13.2. The van der Waals surface area contributed by atoms with Crippen molar-refractivity contribution in [3.8, 4) is 0 Å². The first-order chi connectivity index (χ1) is 10.6. The second kappa shape index (κ2) is 7.65. The van der Waals surface area contributed by atoms with Crippen LogP contribution in [0.25, 0.3) is 10.9 Å². The second-order valence-corrected chi connectivity index (χ2v) is 5.12. The van der Waals surface area contributed by atoms with Crippen molar-refractivity contribution in [2.45, 2.75) is 38.5 Å². The molecule has 0 saturated heterocycles. The SMILES string of the molecule is O=C(CCCCCCc1nc2cc(F)ccc2c(=O)[nH]1)NO. The topological polar surface area (TPSA) is 95.1 Å². The Balaban J connectivity index is 1.87. The predicted molar refractivity (Wildman–Crippen MR) is 79.0 cm³/mol. The van der Waals surface area contributed by atoms with E-state index < -0.39 is 5.82 Å². The zero-order valence-corrected chi connectivity index (χ0v) is 12.1. The van der Waals surface area contributed by atoms with Gasteiger partial charge in [0.2, 0.25) is 5.91 Å². The lowest BCUT2D eigenvalue weighted by atomic mass is 10.1. The van der Waals surface area contributed by atoms with Crippen molar-refractivity contribution < 1.29 is 14.4 Å². The monoisotopic (exact) mass is 307 g/mol. The van der Waals surface area contributed by atoms with Crippen molar-refractivity contribution in [1.82, 2.24) is 15.4 Å². The van der Waals surface area contributed by atoms with E-state index in [1.54, 1.807) is 5.48 Å². The number of hydroxylamine groups is 1. The van der Waals surface area contributed by atoms with Crippen LogP contribution < -0.4 is 11.0 Å². The molecule has 0 aliphatic rings. The number of aromatic amines is 1. The van der Waals surface area contributed by atoms with Gasteiger partial charge in [-0.15, -0.1) is 0 Å². The van der Waals surface area contributed by atoms with Crippen molar-refractivity contribution in [3.05, 3.63) is 40.2 Å². The van der Waals surface area contributed by atoms with Crippen molar-refractivity contribution in [2.24, 2.45) is 0 Å². The summed E-state index contributed by atoms with van der Waals surface area (Å²) in [6, 6.07) is 3.91. The molecule has 2 aromatic rings. The van der Waals surface area contributed by atoms with E-state index in [4.69, 9.17) is 5.21 Å². The number of aryl methyl sites for hydroxylation is 1. The average Bonchev–Trinajstić information content (AvgIpc) is 2.50. The van der Waals surface area contributed by atoms with Gasteiger partial charge in [-0.1, -0.05) is 12.8 Å². The number of aromatic nitrogens is 2. The van der Waals surface area contributed by atoms with Gasteiger partial charge >= 0.3 is 0 Å². The highest BCUT2D eigenvalue weighted by molar-refractivity contribution is 5.77. The van der Waals surface area contributed by atoms with Crippen LogP contribution in [0.2, 0.25) is 0 Å². The number of nitrogens with one attached hydrogen (secondary N) is 2. The van der Waals surface area contributed by atoms with Crippen LogP contribution >= 0.6 is 0 Å². The summed E-state index contributed by atoms with van der Waals surface area (Å²) in [6.07, 6.45) is 4.11. The fourth-order valence-corrected chi connectivity index (χ4v) is 2.27. The molecule has 0 radical (unpaired) electrons. The normalized spacial score (nSPS) is 10.8. The Hall–Kier alpha value is -2.28. The number of benzene rings is 1. The molecule has 0 spiro atoms. The molecule has 1 amide bonds. The molecule has 1 heterocycles. The van der Waals surface area contributed by atoms with Crippen LogP contribution in [-0.4, -0.2) is 21.1 Å². The number of amides is 1. The molecule has 0 aliphatic carbocycles. The van der Waals surface area contributed by atoms with Gasteiger partial charge in [0, 0.05) is 18.9 Å². The number of fused-ring (bicyclic) bond motifs is 1. The lowest BCUT2D eigenvalue weighted by Crippen LogP contribution is -2.17. The van der Waals surface area contributed by atoms with Crippen LogP contribution in [0.5, 0.6) is 0 Å². The summed E-state index contributed by atoms with van der Waals surface area (Å²) in [6.45, 7) is 0. The van der Waals surface area contributed by atoms with Crippen molar-refractivity contribution in [3.63, 3.8) is 0 Å². The number of hydrogen-bond donors (Lipinski definition) is 3. The zero-order chi connectivity index (χ0) is 15.9. The Kier molecular flexibility index (Phi) is 5.60. The maximum Gasteiger partial charge on any atom is 0.258 e.